The molecule has 4 rings (SSSR count). The van der Waals surface area contributed by atoms with Crippen molar-refractivity contribution in [3.8, 4) is 5.75 Å². The first-order valence-corrected chi connectivity index (χ1v) is 10.5. The molecule has 0 bridgehead atoms. The molecule has 2 saturated heterocycles. The lowest BCUT2D eigenvalue weighted by atomic mass is 9.93. The van der Waals surface area contributed by atoms with Crippen molar-refractivity contribution < 1.29 is 23.9 Å². The lowest BCUT2D eigenvalue weighted by Gasteiger charge is -2.35. The predicted molar refractivity (Wildman–Crippen MR) is 111 cm³/mol. The number of imide groups is 2. The number of carbonyl (C=O) groups is 3. The Kier molecular flexibility index (Phi) is 6.03. The second kappa shape index (κ2) is 8.87. The van der Waals surface area contributed by atoms with Crippen LogP contribution in [0.1, 0.15) is 37.7 Å². The molecule has 160 valence electrons. The molecule has 0 aromatic heterocycles. The van der Waals surface area contributed by atoms with Crippen LogP contribution in [0.2, 0.25) is 0 Å². The summed E-state index contributed by atoms with van der Waals surface area (Å²) in [5.41, 5.74) is 1.57. The Morgan fingerprint density at radius 2 is 1.83 bits per heavy atom. The first-order valence-electron chi connectivity index (χ1n) is 10.5. The molecule has 0 unspecified atom stereocenters. The minimum atomic E-state index is -0.670. The Balaban J connectivity index is 1.62. The van der Waals surface area contributed by atoms with E-state index in [2.05, 4.69) is 10.2 Å². The fourth-order valence-corrected chi connectivity index (χ4v) is 4.33. The molecule has 1 N–H and O–H groups in total. The molecule has 1 aromatic rings. The van der Waals surface area contributed by atoms with E-state index < -0.39 is 17.8 Å². The van der Waals surface area contributed by atoms with Crippen LogP contribution in [0.3, 0.4) is 0 Å². The van der Waals surface area contributed by atoms with Crippen molar-refractivity contribution in [2.75, 3.05) is 38.3 Å². The number of barbiturate groups is 1. The molecule has 4 amide bonds. The van der Waals surface area contributed by atoms with Gasteiger partial charge in [-0.3, -0.25) is 19.8 Å². The molecule has 30 heavy (non-hydrogen) atoms. The number of urea groups is 1. The number of rotatable bonds is 4. The van der Waals surface area contributed by atoms with Crippen molar-refractivity contribution in [2.45, 2.75) is 38.1 Å². The average Bonchev–Trinajstić information content (AvgIpc) is 2.78. The summed E-state index contributed by atoms with van der Waals surface area (Å²) < 4.78 is 10.9. The Hall–Kier alpha value is -2.87. The van der Waals surface area contributed by atoms with E-state index in [0.29, 0.717) is 24.5 Å². The van der Waals surface area contributed by atoms with E-state index >= 15 is 0 Å². The van der Waals surface area contributed by atoms with Gasteiger partial charge in [-0.15, -0.1) is 0 Å². The number of nitrogens with zero attached hydrogens (tertiary/aromatic N) is 2. The smallest absolute Gasteiger partial charge is 0.331 e. The molecule has 0 radical (unpaired) electrons. The van der Waals surface area contributed by atoms with E-state index in [4.69, 9.17) is 9.47 Å². The van der Waals surface area contributed by atoms with Crippen LogP contribution in [0.25, 0.3) is 6.08 Å². The zero-order valence-electron chi connectivity index (χ0n) is 17.2. The van der Waals surface area contributed by atoms with Crippen molar-refractivity contribution in [1.82, 2.24) is 10.2 Å². The van der Waals surface area contributed by atoms with Gasteiger partial charge in [0.2, 0.25) is 0 Å². The number of ether oxygens (including phenoxy) is 2. The van der Waals surface area contributed by atoms with Crippen molar-refractivity contribution in [3.63, 3.8) is 0 Å². The summed E-state index contributed by atoms with van der Waals surface area (Å²) in [4.78, 5) is 41.3. The standard InChI is InChI=1S/C22H27N3O5/c1-29-19-14-17(24-9-11-30-12-10-24)8-7-15(19)13-18-20(26)23-22(28)25(21(18)27)16-5-3-2-4-6-16/h7-8,13-14,16H,2-6,9-12H2,1H3,(H,23,26,28)/b18-13+. The topological polar surface area (TPSA) is 88.2 Å². The second-order valence-corrected chi connectivity index (χ2v) is 7.81. The SMILES string of the molecule is COc1cc(N2CCOCC2)ccc1/C=C1\C(=O)NC(=O)N(C2CCCCC2)C1=O. The summed E-state index contributed by atoms with van der Waals surface area (Å²) in [5, 5.41) is 2.32. The largest absolute Gasteiger partial charge is 0.496 e. The van der Waals surface area contributed by atoms with E-state index in [1.807, 2.05) is 18.2 Å². The Morgan fingerprint density at radius 1 is 1.10 bits per heavy atom. The third-order valence-corrected chi connectivity index (χ3v) is 5.97. The summed E-state index contributed by atoms with van der Waals surface area (Å²) in [5.74, 6) is -0.639. The number of hydrogen-bond acceptors (Lipinski definition) is 6. The van der Waals surface area contributed by atoms with Gasteiger partial charge in [0.05, 0.1) is 20.3 Å². The summed E-state index contributed by atoms with van der Waals surface area (Å²) in [6, 6.07) is 4.89. The first kappa shape index (κ1) is 20.4. The van der Waals surface area contributed by atoms with E-state index in [9.17, 15) is 14.4 Å². The summed E-state index contributed by atoms with van der Waals surface area (Å²) in [6.07, 6.45) is 6.13. The summed E-state index contributed by atoms with van der Waals surface area (Å²) in [7, 11) is 1.56. The zero-order valence-corrected chi connectivity index (χ0v) is 17.2. The van der Waals surface area contributed by atoms with E-state index in [1.54, 1.807) is 7.11 Å². The van der Waals surface area contributed by atoms with Gasteiger partial charge in [0.1, 0.15) is 11.3 Å². The van der Waals surface area contributed by atoms with Crippen LogP contribution >= 0.6 is 0 Å². The number of methoxy groups -OCH3 is 1. The van der Waals surface area contributed by atoms with Gasteiger partial charge in [0.15, 0.2) is 0 Å². The van der Waals surface area contributed by atoms with Crippen molar-refractivity contribution in [2.24, 2.45) is 0 Å². The maximum atomic E-state index is 13.1. The van der Waals surface area contributed by atoms with Gasteiger partial charge in [-0.05, 0) is 31.1 Å². The van der Waals surface area contributed by atoms with Crippen molar-refractivity contribution in [3.05, 3.63) is 29.3 Å². The van der Waals surface area contributed by atoms with E-state index in [1.165, 1.54) is 11.0 Å². The lowest BCUT2D eigenvalue weighted by Crippen LogP contribution is -2.58. The predicted octanol–water partition coefficient (Wildman–Crippen LogP) is 2.33. The highest BCUT2D eigenvalue weighted by Crippen LogP contribution is 2.30. The monoisotopic (exact) mass is 413 g/mol. The summed E-state index contributed by atoms with van der Waals surface area (Å²) >= 11 is 0. The molecular weight excluding hydrogens is 386 g/mol. The minimum absolute atomic E-state index is 0.0439. The molecule has 1 aromatic carbocycles. The quantitative estimate of drug-likeness (QED) is 0.602. The van der Waals surface area contributed by atoms with Gasteiger partial charge in [-0.25, -0.2) is 4.79 Å². The van der Waals surface area contributed by atoms with Gasteiger partial charge >= 0.3 is 6.03 Å². The van der Waals surface area contributed by atoms with Crippen LogP contribution in [-0.2, 0) is 14.3 Å². The number of benzene rings is 1. The first-order chi connectivity index (χ1) is 14.6. The number of hydrogen-bond donors (Lipinski definition) is 1. The highest BCUT2D eigenvalue weighted by atomic mass is 16.5. The number of anilines is 1. The average molecular weight is 413 g/mol. The van der Waals surface area contributed by atoms with E-state index in [-0.39, 0.29) is 11.6 Å². The van der Waals surface area contributed by atoms with Gasteiger partial charge in [-0.2, -0.15) is 0 Å². The maximum absolute atomic E-state index is 13.1. The van der Waals surface area contributed by atoms with Crippen molar-refractivity contribution in [1.29, 1.82) is 0 Å². The molecule has 3 fully saturated rings. The molecule has 0 spiro atoms. The molecule has 8 nitrogen and oxygen atoms in total. The van der Waals surface area contributed by atoms with Crippen LogP contribution in [0.5, 0.6) is 5.75 Å². The number of nitrogens with one attached hydrogen (secondary N) is 1. The van der Waals surface area contributed by atoms with Crippen LogP contribution in [-0.4, -0.2) is 62.2 Å². The molecule has 2 aliphatic heterocycles. The maximum Gasteiger partial charge on any atom is 0.331 e. The van der Waals surface area contributed by atoms with Crippen LogP contribution < -0.4 is 15.0 Å². The van der Waals surface area contributed by atoms with Crippen LogP contribution in [0, 0.1) is 0 Å². The fourth-order valence-electron chi connectivity index (χ4n) is 4.33. The molecule has 0 atom stereocenters. The van der Waals surface area contributed by atoms with Gasteiger partial charge < -0.3 is 14.4 Å². The fraction of sp³-hybridized carbons (Fsp3) is 0.500. The zero-order chi connectivity index (χ0) is 21.1. The van der Waals surface area contributed by atoms with E-state index in [0.717, 1.165) is 50.9 Å². The summed E-state index contributed by atoms with van der Waals surface area (Å²) in [6.45, 7) is 2.94. The molecule has 2 heterocycles. The Labute approximate surface area is 175 Å². The molecule has 1 saturated carbocycles. The number of carbonyl (C=O) groups excluding carboxylic acids is 3. The molecule has 8 heteroatoms. The molecule has 3 aliphatic rings. The number of morpholine rings is 1. The lowest BCUT2D eigenvalue weighted by molar-refractivity contribution is -0.132. The highest BCUT2D eigenvalue weighted by Gasteiger charge is 2.40. The normalized spacial score (nSPS) is 22.4. The van der Waals surface area contributed by atoms with Crippen molar-refractivity contribution >= 4 is 29.6 Å². The second-order valence-electron chi connectivity index (χ2n) is 7.81. The Morgan fingerprint density at radius 3 is 2.53 bits per heavy atom. The minimum Gasteiger partial charge on any atom is -0.496 e. The highest BCUT2D eigenvalue weighted by molar-refractivity contribution is 6.31. The number of amides is 4. The molecular formula is C22H27N3O5. The Bertz CT molecular complexity index is 870. The third-order valence-electron chi connectivity index (χ3n) is 5.97. The third kappa shape index (κ3) is 4.05. The van der Waals surface area contributed by atoms with Crippen LogP contribution in [0.15, 0.2) is 23.8 Å². The van der Waals surface area contributed by atoms with Crippen LogP contribution in [0.4, 0.5) is 10.5 Å². The molecule has 1 aliphatic carbocycles. The van der Waals surface area contributed by atoms with Gasteiger partial charge in [-0.1, -0.05) is 19.3 Å². The van der Waals surface area contributed by atoms with Gasteiger partial charge in [0, 0.05) is 36.4 Å². The van der Waals surface area contributed by atoms with Gasteiger partial charge in [0.25, 0.3) is 11.8 Å².